The van der Waals surface area contributed by atoms with Gasteiger partial charge in [0, 0.05) is 3.57 Å². The molecule has 0 spiro atoms. The van der Waals surface area contributed by atoms with Gasteiger partial charge in [0.2, 0.25) is 0 Å². The summed E-state index contributed by atoms with van der Waals surface area (Å²) in [6.07, 6.45) is 1.76. The van der Waals surface area contributed by atoms with Crippen LogP contribution in [0, 0.1) is 3.57 Å². The third-order valence-corrected chi connectivity index (χ3v) is 3.41. The smallest absolute Gasteiger partial charge is 0.313 e. The Morgan fingerprint density at radius 3 is 2.53 bits per heavy atom. The third kappa shape index (κ3) is 2.40. The molecule has 0 aliphatic heterocycles. The van der Waals surface area contributed by atoms with Crippen LogP contribution in [0.1, 0.15) is 25.0 Å². The maximum absolute atomic E-state index is 11.1. The monoisotopic (exact) mass is 316 g/mol. The van der Waals surface area contributed by atoms with Crippen molar-refractivity contribution in [1.82, 2.24) is 0 Å². The maximum Gasteiger partial charge on any atom is 0.313 e. The molecule has 3 heteroatoms. The standard InChI is InChI=1S/C12H13IO2/c1-4-8-5-6-9(7-10(8)13)12(2,3)11(14)15/h4-7H,1H2,2-3H3,(H,14,15). The van der Waals surface area contributed by atoms with Crippen molar-refractivity contribution in [3.05, 3.63) is 39.5 Å². The first-order valence-electron chi connectivity index (χ1n) is 4.55. The fraction of sp³-hybridized carbons (Fsp3) is 0.250. The first-order chi connectivity index (χ1) is 6.89. The number of rotatable bonds is 3. The average Bonchev–Trinajstić information content (AvgIpc) is 2.17. The van der Waals surface area contributed by atoms with Gasteiger partial charge in [0.25, 0.3) is 0 Å². The highest BCUT2D eigenvalue weighted by Crippen LogP contribution is 2.26. The van der Waals surface area contributed by atoms with E-state index in [0.717, 1.165) is 14.7 Å². The number of hydrogen-bond acceptors (Lipinski definition) is 1. The SMILES string of the molecule is C=Cc1ccc(C(C)(C)C(=O)O)cc1I. The molecule has 1 rings (SSSR count). The van der Waals surface area contributed by atoms with Gasteiger partial charge in [-0.1, -0.05) is 24.8 Å². The molecule has 0 aliphatic rings. The highest BCUT2D eigenvalue weighted by Gasteiger charge is 2.29. The zero-order chi connectivity index (χ0) is 11.6. The maximum atomic E-state index is 11.1. The van der Waals surface area contributed by atoms with Crippen LogP contribution in [0.15, 0.2) is 24.8 Å². The molecule has 0 atom stereocenters. The minimum atomic E-state index is -0.848. The minimum absolute atomic E-state index is 0.810. The predicted molar refractivity (Wildman–Crippen MR) is 69.9 cm³/mol. The lowest BCUT2D eigenvalue weighted by Gasteiger charge is -2.20. The minimum Gasteiger partial charge on any atom is -0.481 e. The molecule has 0 amide bonds. The second-order valence-corrected chi connectivity index (χ2v) is 5.03. The van der Waals surface area contributed by atoms with Gasteiger partial charge in [0.15, 0.2) is 0 Å². The first kappa shape index (κ1) is 12.2. The van der Waals surface area contributed by atoms with Crippen molar-refractivity contribution in [2.24, 2.45) is 0 Å². The van der Waals surface area contributed by atoms with Gasteiger partial charge in [-0.15, -0.1) is 0 Å². The van der Waals surface area contributed by atoms with Gasteiger partial charge in [-0.25, -0.2) is 0 Å². The molecule has 1 aromatic rings. The van der Waals surface area contributed by atoms with Gasteiger partial charge in [0.05, 0.1) is 5.41 Å². The van der Waals surface area contributed by atoms with Gasteiger partial charge in [-0.05, 0) is 53.6 Å². The second-order valence-electron chi connectivity index (χ2n) is 3.87. The lowest BCUT2D eigenvalue weighted by Crippen LogP contribution is -2.28. The fourth-order valence-electron chi connectivity index (χ4n) is 1.20. The number of benzene rings is 1. The van der Waals surface area contributed by atoms with Crippen LogP contribution in [-0.4, -0.2) is 11.1 Å². The largest absolute Gasteiger partial charge is 0.481 e. The van der Waals surface area contributed by atoms with Crippen molar-refractivity contribution in [3.8, 4) is 0 Å². The van der Waals surface area contributed by atoms with Crippen molar-refractivity contribution in [2.75, 3.05) is 0 Å². The van der Waals surface area contributed by atoms with E-state index in [4.69, 9.17) is 5.11 Å². The van der Waals surface area contributed by atoms with Crippen LogP contribution in [-0.2, 0) is 10.2 Å². The van der Waals surface area contributed by atoms with E-state index in [1.807, 2.05) is 18.2 Å². The van der Waals surface area contributed by atoms with E-state index in [9.17, 15) is 4.79 Å². The summed E-state index contributed by atoms with van der Waals surface area (Å²) in [6.45, 7) is 7.10. The van der Waals surface area contributed by atoms with E-state index >= 15 is 0 Å². The summed E-state index contributed by atoms with van der Waals surface area (Å²) < 4.78 is 1.02. The van der Waals surface area contributed by atoms with Gasteiger partial charge >= 0.3 is 5.97 Å². The third-order valence-electron chi connectivity index (χ3n) is 2.48. The van der Waals surface area contributed by atoms with E-state index < -0.39 is 11.4 Å². The molecule has 0 bridgehead atoms. The molecular weight excluding hydrogens is 303 g/mol. The molecule has 0 fully saturated rings. The topological polar surface area (TPSA) is 37.3 Å². The number of carbonyl (C=O) groups is 1. The zero-order valence-electron chi connectivity index (χ0n) is 8.75. The average molecular weight is 316 g/mol. The van der Waals surface area contributed by atoms with Crippen LogP contribution >= 0.6 is 22.6 Å². The number of halogens is 1. The van der Waals surface area contributed by atoms with Crippen molar-refractivity contribution >= 4 is 34.6 Å². The van der Waals surface area contributed by atoms with Crippen molar-refractivity contribution in [3.63, 3.8) is 0 Å². The summed E-state index contributed by atoms with van der Waals surface area (Å²) in [7, 11) is 0. The molecule has 15 heavy (non-hydrogen) atoms. The van der Waals surface area contributed by atoms with E-state index in [0.29, 0.717) is 0 Å². The quantitative estimate of drug-likeness (QED) is 0.869. The van der Waals surface area contributed by atoms with Crippen LogP contribution < -0.4 is 0 Å². The van der Waals surface area contributed by atoms with Crippen LogP contribution in [0.25, 0.3) is 6.08 Å². The van der Waals surface area contributed by atoms with E-state index in [1.165, 1.54) is 0 Å². The Bertz CT molecular complexity index is 408. The normalized spacial score (nSPS) is 11.1. The number of carboxylic acids is 1. The summed E-state index contributed by atoms with van der Waals surface area (Å²) in [5, 5.41) is 9.09. The Labute approximate surface area is 103 Å². The molecule has 0 saturated carbocycles. The summed E-state index contributed by atoms with van der Waals surface area (Å²) in [4.78, 5) is 11.1. The molecule has 0 aliphatic carbocycles. The summed E-state index contributed by atoms with van der Waals surface area (Å²) in [6, 6.07) is 5.63. The molecule has 0 saturated heterocycles. The molecule has 0 aromatic heterocycles. The molecule has 2 nitrogen and oxygen atoms in total. The summed E-state index contributed by atoms with van der Waals surface area (Å²) >= 11 is 2.19. The number of hydrogen-bond donors (Lipinski definition) is 1. The highest BCUT2D eigenvalue weighted by atomic mass is 127. The Morgan fingerprint density at radius 1 is 1.53 bits per heavy atom. The Kier molecular flexibility index (Phi) is 3.54. The first-order valence-corrected chi connectivity index (χ1v) is 5.63. The molecule has 80 valence electrons. The highest BCUT2D eigenvalue weighted by molar-refractivity contribution is 14.1. The fourth-order valence-corrected chi connectivity index (χ4v) is 1.94. The molecule has 1 N–H and O–H groups in total. The molecule has 0 unspecified atom stereocenters. The lowest BCUT2D eigenvalue weighted by atomic mass is 9.84. The molecule has 1 aromatic carbocycles. The van der Waals surface area contributed by atoms with Crippen LogP contribution in [0.5, 0.6) is 0 Å². The molecule has 0 heterocycles. The van der Waals surface area contributed by atoms with Gasteiger partial charge in [-0.3, -0.25) is 4.79 Å². The number of aliphatic carboxylic acids is 1. The second kappa shape index (κ2) is 4.35. The van der Waals surface area contributed by atoms with Gasteiger partial charge in [0.1, 0.15) is 0 Å². The van der Waals surface area contributed by atoms with Crippen LogP contribution in [0.4, 0.5) is 0 Å². The molecular formula is C12H13IO2. The summed E-state index contributed by atoms with van der Waals surface area (Å²) in [5.74, 6) is -0.815. The van der Waals surface area contributed by atoms with E-state index in [1.54, 1.807) is 19.9 Å². The predicted octanol–water partition coefficient (Wildman–Crippen LogP) is 3.30. The van der Waals surface area contributed by atoms with Gasteiger partial charge < -0.3 is 5.11 Å². The van der Waals surface area contributed by atoms with Crippen LogP contribution in [0.3, 0.4) is 0 Å². The Morgan fingerprint density at radius 2 is 2.13 bits per heavy atom. The Hall–Kier alpha value is -0.840. The lowest BCUT2D eigenvalue weighted by molar-refractivity contribution is -0.142. The summed E-state index contributed by atoms with van der Waals surface area (Å²) in [5.41, 5.74) is 0.991. The van der Waals surface area contributed by atoms with E-state index in [2.05, 4.69) is 29.2 Å². The zero-order valence-corrected chi connectivity index (χ0v) is 10.9. The Balaban J connectivity index is 3.24. The van der Waals surface area contributed by atoms with E-state index in [-0.39, 0.29) is 0 Å². The van der Waals surface area contributed by atoms with Crippen molar-refractivity contribution in [2.45, 2.75) is 19.3 Å². The van der Waals surface area contributed by atoms with Gasteiger partial charge in [-0.2, -0.15) is 0 Å². The van der Waals surface area contributed by atoms with Crippen LogP contribution in [0.2, 0.25) is 0 Å². The van der Waals surface area contributed by atoms with Crippen molar-refractivity contribution < 1.29 is 9.90 Å². The molecule has 0 radical (unpaired) electrons. The number of carboxylic acid groups (broad SMARTS) is 1. The van der Waals surface area contributed by atoms with Crippen molar-refractivity contribution in [1.29, 1.82) is 0 Å².